The zero-order valence-electron chi connectivity index (χ0n) is 12.4. The molecule has 1 aromatic carbocycles. The topological polar surface area (TPSA) is 43.4 Å². The highest BCUT2D eigenvalue weighted by atomic mass is 16.5. The van der Waals surface area contributed by atoms with E-state index in [2.05, 4.69) is 0 Å². The van der Waals surface area contributed by atoms with Gasteiger partial charge in [-0.2, -0.15) is 0 Å². The molecule has 19 heavy (non-hydrogen) atoms. The van der Waals surface area contributed by atoms with E-state index in [4.69, 9.17) is 4.74 Å². The van der Waals surface area contributed by atoms with Crippen molar-refractivity contribution >= 4 is 11.8 Å². The predicted molar refractivity (Wildman–Crippen MR) is 75.6 cm³/mol. The normalized spacial score (nSPS) is 10.4. The summed E-state index contributed by atoms with van der Waals surface area (Å²) in [6, 6.07) is 1.87. The highest BCUT2D eigenvalue weighted by Gasteiger charge is 2.17. The van der Waals surface area contributed by atoms with E-state index >= 15 is 0 Å². The summed E-state index contributed by atoms with van der Waals surface area (Å²) < 4.78 is 4.95. The number of ether oxygens (including phenoxy) is 1. The van der Waals surface area contributed by atoms with Gasteiger partial charge in [-0.1, -0.05) is 6.92 Å². The molecule has 0 aliphatic heterocycles. The maximum absolute atomic E-state index is 12.2. The van der Waals surface area contributed by atoms with Crippen LogP contribution in [0.5, 0.6) is 0 Å². The second-order valence-corrected chi connectivity index (χ2v) is 4.94. The van der Waals surface area contributed by atoms with Crippen molar-refractivity contribution in [3.05, 3.63) is 33.9 Å². The number of hydrogen-bond acceptors (Lipinski definition) is 3. The summed E-state index contributed by atoms with van der Waals surface area (Å²) in [6.45, 7) is 10.2. The van der Waals surface area contributed by atoms with E-state index in [0.717, 1.165) is 23.1 Å². The molecule has 0 bridgehead atoms. The van der Waals surface area contributed by atoms with E-state index in [-0.39, 0.29) is 12.2 Å². The molecular weight excluding hydrogens is 240 g/mol. The van der Waals surface area contributed by atoms with Crippen LogP contribution in [0.15, 0.2) is 6.07 Å². The molecule has 104 valence electrons. The van der Waals surface area contributed by atoms with Gasteiger partial charge in [-0.3, -0.25) is 9.59 Å². The molecule has 0 aliphatic carbocycles. The Morgan fingerprint density at radius 2 is 1.68 bits per heavy atom. The molecule has 0 aromatic heterocycles. The van der Waals surface area contributed by atoms with Crippen LogP contribution in [0.3, 0.4) is 0 Å². The van der Waals surface area contributed by atoms with Crippen molar-refractivity contribution in [3.63, 3.8) is 0 Å². The first-order valence-corrected chi connectivity index (χ1v) is 6.64. The quantitative estimate of drug-likeness (QED) is 0.464. The Morgan fingerprint density at radius 3 is 2.26 bits per heavy atom. The van der Waals surface area contributed by atoms with Crippen LogP contribution in [0.2, 0.25) is 0 Å². The standard InChI is InChI=1S/C16H22O3/c1-6-7-19-16(18)9-15(17)14-8-10(2)11(3)12(4)13(14)5/h8H,6-7,9H2,1-5H3. The maximum Gasteiger partial charge on any atom is 0.313 e. The average molecular weight is 262 g/mol. The minimum Gasteiger partial charge on any atom is -0.465 e. The molecule has 0 unspecified atom stereocenters. The zero-order valence-corrected chi connectivity index (χ0v) is 12.4. The third kappa shape index (κ3) is 3.66. The molecule has 0 aliphatic rings. The summed E-state index contributed by atoms with van der Waals surface area (Å²) in [7, 11) is 0. The van der Waals surface area contributed by atoms with Crippen molar-refractivity contribution in [2.45, 2.75) is 47.5 Å². The highest BCUT2D eigenvalue weighted by Crippen LogP contribution is 2.22. The van der Waals surface area contributed by atoms with E-state index in [9.17, 15) is 9.59 Å². The number of esters is 1. The van der Waals surface area contributed by atoms with E-state index < -0.39 is 5.97 Å². The van der Waals surface area contributed by atoms with Gasteiger partial charge in [0, 0.05) is 5.56 Å². The van der Waals surface area contributed by atoms with E-state index in [1.807, 2.05) is 40.7 Å². The molecular formula is C16H22O3. The minimum absolute atomic E-state index is 0.162. The molecule has 0 N–H and O–H groups in total. The van der Waals surface area contributed by atoms with E-state index in [0.29, 0.717) is 12.2 Å². The van der Waals surface area contributed by atoms with Gasteiger partial charge in [0.05, 0.1) is 6.61 Å². The Balaban J connectivity index is 2.92. The fourth-order valence-corrected chi connectivity index (χ4v) is 1.99. The van der Waals surface area contributed by atoms with Crippen LogP contribution in [0.4, 0.5) is 0 Å². The lowest BCUT2D eigenvalue weighted by Crippen LogP contribution is -2.14. The Labute approximate surface area is 115 Å². The van der Waals surface area contributed by atoms with Crippen molar-refractivity contribution < 1.29 is 14.3 Å². The van der Waals surface area contributed by atoms with Crippen LogP contribution < -0.4 is 0 Å². The van der Waals surface area contributed by atoms with Crippen molar-refractivity contribution in [2.24, 2.45) is 0 Å². The van der Waals surface area contributed by atoms with Crippen LogP contribution in [-0.2, 0) is 9.53 Å². The van der Waals surface area contributed by atoms with Crippen molar-refractivity contribution in [2.75, 3.05) is 6.61 Å². The van der Waals surface area contributed by atoms with Crippen LogP contribution in [-0.4, -0.2) is 18.4 Å². The number of hydrogen-bond donors (Lipinski definition) is 0. The Hall–Kier alpha value is -1.64. The van der Waals surface area contributed by atoms with Gasteiger partial charge in [-0.25, -0.2) is 0 Å². The fraction of sp³-hybridized carbons (Fsp3) is 0.500. The molecule has 0 fully saturated rings. The summed E-state index contributed by atoms with van der Waals surface area (Å²) >= 11 is 0. The number of aryl methyl sites for hydroxylation is 1. The second kappa shape index (κ2) is 6.50. The number of carbonyl (C=O) groups excluding carboxylic acids is 2. The number of Topliss-reactive ketones (excluding diaryl/α,β-unsaturated/α-hetero) is 1. The van der Waals surface area contributed by atoms with E-state index in [1.165, 1.54) is 5.56 Å². The Kier molecular flexibility index (Phi) is 5.28. The molecule has 0 saturated heterocycles. The average Bonchev–Trinajstić information content (AvgIpc) is 2.37. The number of carbonyl (C=O) groups is 2. The molecule has 3 nitrogen and oxygen atoms in total. The second-order valence-electron chi connectivity index (χ2n) is 4.94. The summed E-state index contributed by atoms with van der Waals surface area (Å²) in [6.07, 6.45) is 0.588. The molecule has 1 aromatic rings. The predicted octanol–water partition coefficient (Wildman–Crippen LogP) is 3.45. The van der Waals surface area contributed by atoms with Crippen molar-refractivity contribution in [1.82, 2.24) is 0 Å². The Bertz CT molecular complexity index is 501. The molecule has 0 heterocycles. The summed E-state index contributed by atoms with van der Waals surface area (Å²) in [4.78, 5) is 23.6. The van der Waals surface area contributed by atoms with Gasteiger partial charge in [0.25, 0.3) is 0 Å². The van der Waals surface area contributed by atoms with Gasteiger partial charge in [-0.15, -0.1) is 0 Å². The third-order valence-electron chi connectivity index (χ3n) is 3.55. The first-order chi connectivity index (χ1) is 8.88. The van der Waals surface area contributed by atoms with Gasteiger partial charge < -0.3 is 4.74 Å². The van der Waals surface area contributed by atoms with Crippen LogP contribution in [0, 0.1) is 27.7 Å². The van der Waals surface area contributed by atoms with Gasteiger partial charge in [-0.05, 0) is 62.4 Å². The number of benzene rings is 1. The van der Waals surface area contributed by atoms with Gasteiger partial charge in [0.15, 0.2) is 5.78 Å². The fourth-order valence-electron chi connectivity index (χ4n) is 1.99. The lowest BCUT2D eigenvalue weighted by atomic mass is 9.92. The molecule has 0 saturated carbocycles. The van der Waals surface area contributed by atoms with Crippen LogP contribution >= 0.6 is 0 Å². The van der Waals surface area contributed by atoms with Crippen LogP contribution in [0.25, 0.3) is 0 Å². The molecule has 0 amide bonds. The van der Waals surface area contributed by atoms with Gasteiger partial charge >= 0.3 is 5.97 Å². The maximum atomic E-state index is 12.2. The number of rotatable bonds is 5. The summed E-state index contributed by atoms with van der Waals surface area (Å²) in [5.41, 5.74) is 4.98. The lowest BCUT2D eigenvalue weighted by Gasteiger charge is -2.13. The van der Waals surface area contributed by atoms with Crippen molar-refractivity contribution in [1.29, 1.82) is 0 Å². The van der Waals surface area contributed by atoms with Crippen LogP contribution in [0.1, 0.15) is 52.4 Å². The summed E-state index contributed by atoms with van der Waals surface area (Å²) in [5.74, 6) is -0.605. The SMILES string of the molecule is CCCOC(=O)CC(=O)c1cc(C)c(C)c(C)c1C. The molecule has 3 heteroatoms. The molecule has 0 radical (unpaired) electrons. The molecule has 0 atom stereocenters. The van der Waals surface area contributed by atoms with Gasteiger partial charge in [0.2, 0.25) is 0 Å². The number of ketones is 1. The minimum atomic E-state index is -0.442. The first kappa shape index (κ1) is 15.4. The zero-order chi connectivity index (χ0) is 14.6. The Morgan fingerprint density at radius 1 is 1.05 bits per heavy atom. The largest absolute Gasteiger partial charge is 0.465 e. The molecule has 0 spiro atoms. The monoisotopic (exact) mass is 262 g/mol. The highest BCUT2D eigenvalue weighted by molar-refractivity contribution is 6.07. The summed E-state index contributed by atoms with van der Waals surface area (Å²) in [5, 5.41) is 0. The third-order valence-corrected chi connectivity index (χ3v) is 3.55. The van der Waals surface area contributed by atoms with E-state index in [1.54, 1.807) is 0 Å². The lowest BCUT2D eigenvalue weighted by molar-refractivity contribution is -0.142. The van der Waals surface area contributed by atoms with Crippen molar-refractivity contribution in [3.8, 4) is 0 Å². The van der Waals surface area contributed by atoms with Gasteiger partial charge in [0.1, 0.15) is 6.42 Å². The first-order valence-electron chi connectivity index (χ1n) is 6.64. The smallest absolute Gasteiger partial charge is 0.313 e. The molecule has 1 rings (SSSR count).